The number of carbonyl (C=O) groups excluding carboxylic acids is 2. The molecule has 192 valence electrons. The van der Waals surface area contributed by atoms with Gasteiger partial charge in [-0.05, 0) is 71.3 Å². The van der Waals surface area contributed by atoms with Gasteiger partial charge in [0, 0.05) is 54.7 Å². The van der Waals surface area contributed by atoms with E-state index in [4.69, 9.17) is 0 Å². The average molecular weight is 575 g/mol. The number of carbonyl (C=O) groups is 2. The monoisotopic (exact) mass is 573 g/mol. The van der Waals surface area contributed by atoms with Gasteiger partial charge in [0.05, 0.1) is 10.6 Å². The molecule has 1 saturated carbocycles. The Morgan fingerprint density at radius 3 is 2.42 bits per heavy atom. The van der Waals surface area contributed by atoms with Gasteiger partial charge in [-0.1, -0.05) is 30.3 Å². The highest BCUT2D eigenvalue weighted by Gasteiger charge is 2.37. The summed E-state index contributed by atoms with van der Waals surface area (Å²) in [5, 5.41) is 3.03. The van der Waals surface area contributed by atoms with Gasteiger partial charge in [-0.2, -0.15) is 0 Å². The van der Waals surface area contributed by atoms with E-state index < -0.39 is 9.84 Å². The third-order valence-electron chi connectivity index (χ3n) is 7.36. The van der Waals surface area contributed by atoms with Crippen molar-refractivity contribution in [1.29, 1.82) is 0 Å². The summed E-state index contributed by atoms with van der Waals surface area (Å²) in [6.07, 6.45) is 4.17. The van der Waals surface area contributed by atoms with Crippen LogP contribution in [0.5, 0.6) is 0 Å². The number of hydrogen-bond acceptors (Lipinski definition) is 5. The first kappa shape index (κ1) is 25.4. The second-order valence-corrected chi connectivity index (χ2v) is 13.0. The number of amides is 2. The molecule has 1 N–H and O–H groups in total. The third-order valence-corrected chi connectivity index (χ3v) is 10.0. The van der Waals surface area contributed by atoms with E-state index >= 15 is 0 Å². The molecule has 3 aliphatic rings. The number of nitrogens with zero attached hydrogens (tertiary/aromatic N) is 2. The van der Waals surface area contributed by atoms with Crippen molar-refractivity contribution >= 4 is 43.3 Å². The molecule has 2 amide bonds. The first-order valence-electron chi connectivity index (χ1n) is 12.7. The predicted molar refractivity (Wildman–Crippen MR) is 142 cm³/mol. The van der Waals surface area contributed by atoms with Crippen LogP contribution in [-0.2, 0) is 32.4 Å². The maximum atomic E-state index is 13.2. The van der Waals surface area contributed by atoms with Crippen LogP contribution >= 0.6 is 15.9 Å². The normalized spacial score (nSPS) is 18.8. The van der Waals surface area contributed by atoms with Crippen molar-refractivity contribution in [3.05, 3.63) is 58.1 Å². The van der Waals surface area contributed by atoms with Gasteiger partial charge in [-0.3, -0.25) is 14.5 Å². The summed E-state index contributed by atoms with van der Waals surface area (Å²) >= 11 is 3.41. The number of fused-ring (bicyclic) bond motifs is 1. The Morgan fingerprint density at radius 2 is 1.72 bits per heavy atom. The molecule has 0 bridgehead atoms. The second kappa shape index (κ2) is 10.6. The van der Waals surface area contributed by atoms with E-state index in [1.807, 2.05) is 24.3 Å². The number of benzene rings is 2. The van der Waals surface area contributed by atoms with Crippen LogP contribution in [-0.4, -0.2) is 56.6 Å². The third kappa shape index (κ3) is 5.84. The van der Waals surface area contributed by atoms with Gasteiger partial charge < -0.3 is 10.2 Å². The predicted octanol–water partition coefficient (Wildman–Crippen LogP) is 3.69. The summed E-state index contributed by atoms with van der Waals surface area (Å²) in [7, 11) is -3.70. The van der Waals surface area contributed by atoms with Crippen LogP contribution in [0.2, 0.25) is 0 Å². The zero-order chi connectivity index (χ0) is 25.3. The lowest BCUT2D eigenvalue weighted by Crippen LogP contribution is -2.44. The zero-order valence-electron chi connectivity index (χ0n) is 20.3. The molecule has 0 atom stereocenters. The Kier molecular flexibility index (Phi) is 7.51. The van der Waals surface area contributed by atoms with Crippen molar-refractivity contribution < 1.29 is 18.0 Å². The van der Waals surface area contributed by atoms with Crippen LogP contribution in [0.3, 0.4) is 0 Å². The Bertz CT molecular complexity index is 1240. The van der Waals surface area contributed by atoms with E-state index in [0.717, 1.165) is 57.3 Å². The van der Waals surface area contributed by atoms with Crippen LogP contribution in [0.1, 0.15) is 43.2 Å². The smallest absolute Gasteiger partial charge is 0.230 e. The summed E-state index contributed by atoms with van der Waals surface area (Å²) in [6, 6.07) is 13.8. The lowest BCUT2D eigenvalue weighted by Gasteiger charge is -2.32. The molecule has 0 aromatic heterocycles. The Morgan fingerprint density at radius 1 is 1.00 bits per heavy atom. The lowest BCUT2D eigenvalue weighted by molar-refractivity contribution is -0.122. The van der Waals surface area contributed by atoms with Crippen molar-refractivity contribution in [2.45, 2.75) is 56.0 Å². The molecule has 2 aromatic carbocycles. The van der Waals surface area contributed by atoms with Crippen LogP contribution < -0.4 is 10.2 Å². The molecule has 1 aliphatic carbocycles. The van der Waals surface area contributed by atoms with Gasteiger partial charge in [-0.15, -0.1) is 0 Å². The summed E-state index contributed by atoms with van der Waals surface area (Å²) in [5.74, 6) is -0.329. The molecule has 2 aromatic rings. The standard InChI is InChI=1S/C27H32BrN3O4S/c28-23-16-21-8-14-31(27(33)20-6-7-20)24(21)17-25(23)36(34,35)15-11-26(32)29-22-9-12-30(13-10-22)18-19-4-2-1-3-5-19/h1-5,16-17,20,22H,6-15,18H2,(H,29,32). The molecule has 2 aliphatic heterocycles. The fourth-order valence-corrected chi connectivity index (χ4v) is 7.57. The van der Waals surface area contributed by atoms with Crippen molar-refractivity contribution in [2.24, 2.45) is 5.92 Å². The molecule has 36 heavy (non-hydrogen) atoms. The Balaban J connectivity index is 1.14. The van der Waals surface area contributed by atoms with Crippen molar-refractivity contribution in [3.63, 3.8) is 0 Å². The number of nitrogens with one attached hydrogen (secondary N) is 1. The fourth-order valence-electron chi connectivity index (χ4n) is 5.12. The largest absolute Gasteiger partial charge is 0.353 e. The molecular formula is C27H32BrN3O4S. The van der Waals surface area contributed by atoms with Crippen molar-refractivity contribution in [3.8, 4) is 0 Å². The molecule has 0 spiro atoms. The van der Waals surface area contributed by atoms with Crippen LogP contribution in [0.25, 0.3) is 0 Å². The zero-order valence-corrected chi connectivity index (χ0v) is 22.7. The Hall–Kier alpha value is -2.23. The maximum absolute atomic E-state index is 13.2. The van der Waals surface area contributed by atoms with E-state index in [0.29, 0.717) is 16.7 Å². The number of rotatable bonds is 8. The van der Waals surface area contributed by atoms with Crippen LogP contribution in [0.15, 0.2) is 51.8 Å². The number of halogens is 1. The molecule has 5 rings (SSSR count). The number of piperidine rings is 1. The molecule has 0 radical (unpaired) electrons. The summed E-state index contributed by atoms with van der Waals surface area (Å²) in [5.41, 5.74) is 2.95. The molecule has 0 unspecified atom stereocenters. The van der Waals surface area contributed by atoms with Gasteiger partial charge in [0.2, 0.25) is 11.8 Å². The van der Waals surface area contributed by atoms with Crippen molar-refractivity contribution in [1.82, 2.24) is 10.2 Å². The van der Waals surface area contributed by atoms with E-state index in [-0.39, 0.29) is 40.8 Å². The average Bonchev–Trinajstić information content (AvgIpc) is 3.64. The van der Waals surface area contributed by atoms with E-state index in [2.05, 4.69) is 38.3 Å². The van der Waals surface area contributed by atoms with Gasteiger partial charge >= 0.3 is 0 Å². The lowest BCUT2D eigenvalue weighted by atomic mass is 10.0. The van der Waals surface area contributed by atoms with E-state index in [1.54, 1.807) is 11.0 Å². The first-order chi connectivity index (χ1) is 17.3. The quantitative estimate of drug-likeness (QED) is 0.520. The van der Waals surface area contributed by atoms with Gasteiger partial charge in [0.15, 0.2) is 9.84 Å². The van der Waals surface area contributed by atoms with E-state index in [9.17, 15) is 18.0 Å². The summed E-state index contributed by atoms with van der Waals surface area (Å²) < 4.78 is 26.8. The topological polar surface area (TPSA) is 86.8 Å². The minimum atomic E-state index is -3.70. The van der Waals surface area contributed by atoms with Crippen LogP contribution in [0, 0.1) is 5.92 Å². The van der Waals surface area contributed by atoms with Gasteiger partial charge in [-0.25, -0.2) is 8.42 Å². The highest BCUT2D eigenvalue weighted by atomic mass is 79.9. The molecule has 1 saturated heterocycles. The fraction of sp³-hybridized carbons (Fsp3) is 0.481. The van der Waals surface area contributed by atoms with Gasteiger partial charge in [0.1, 0.15) is 0 Å². The highest BCUT2D eigenvalue weighted by molar-refractivity contribution is 9.10. The first-order valence-corrected chi connectivity index (χ1v) is 15.2. The number of sulfone groups is 1. The number of likely N-dealkylation sites (tertiary alicyclic amines) is 1. The molecule has 2 heterocycles. The van der Waals surface area contributed by atoms with Gasteiger partial charge in [0.25, 0.3) is 0 Å². The maximum Gasteiger partial charge on any atom is 0.230 e. The van der Waals surface area contributed by atoms with Crippen LogP contribution in [0.4, 0.5) is 5.69 Å². The Labute approximate surface area is 221 Å². The molecule has 2 fully saturated rings. The summed E-state index contributed by atoms with van der Waals surface area (Å²) in [6.45, 7) is 3.29. The van der Waals surface area contributed by atoms with E-state index in [1.165, 1.54) is 5.56 Å². The van der Waals surface area contributed by atoms with Crippen molar-refractivity contribution in [2.75, 3.05) is 30.3 Å². The minimum Gasteiger partial charge on any atom is -0.353 e. The summed E-state index contributed by atoms with van der Waals surface area (Å²) in [4.78, 5) is 29.5. The SMILES string of the molecule is O=C(CCS(=O)(=O)c1cc2c(cc1Br)CCN2C(=O)C1CC1)NC1CCN(Cc2ccccc2)CC1. The number of hydrogen-bond donors (Lipinski definition) is 1. The molecular weight excluding hydrogens is 542 g/mol. The highest BCUT2D eigenvalue weighted by Crippen LogP contribution is 2.39. The molecule has 7 nitrogen and oxygen atoms in total. The minimum absolute atomic E-state index is 0.0703. The second-order valence-electron chi connectivity index (χ2n) is 10.1. The molecule has 9 heteroatoms. The number of anilines is 1.